The Balaban J connectivity index is 2.54. The maximum atomic E-state index is 10.7. The molecule has 76 valence electrons. The number of nitrogens with zero attached hydrogens (tertiary/aromatic N) is 1. The van der Waals surface area contributed by atoms with Crippen LogP contribution in [-0.4, -0.2) is 11.4 Å². The second-order valence-corrected chi connectivity index (χ2v) is 4.13. The number of hydrogen-bond donors (Lipinski definition) is 0. The van der Waals surface area contributed by atoms with Gasteiger partial charge in [0.1, 0.15) is 12.0 Å². The molecule has 0 radical (unpaired) electrons. The Labute approximate surface area is 99.2 Å². The number of hydrogen-bond acceptors (Lipinski definition) is 3. The van der Waals surface area contributed by atoms with Gasteiger partial charge in [-0.3, -0.25) is 4.79 Å². The molecule has 0 saturated heterocycles. The van der Waals surface area contributed by atoms with Crippen LogP contribution >= 0.6 is 27.5 Å². The van der Waals surface area contributed by atoms with E-state index in [1.54, 1.807) is 18.2 Å². The number of halogens is 2. The van der Waals surface area contributed by atoms with Gasteiger partial charge in [0.05, 0.1) is 10.6 Å². The molecule has 0 fully saturated rings. The molecule has 0 aliphatic heterocycles. The SMILES string of the molecule is O=Cc1conc1-c1ccc(Br)c(Cl)c1. The predicted molar refractivity (Wildman–Crippen MR) is 60.0 cm³/mol. The van der Waals surface area contributed by atoms with E-state index in [9.17, 15) is 4.79 Å². The highest BCUT2D eigenvalue weighted by Gasteiger charge is 2.10. The normalized spacial score (nSPS) is 10.3. The van der Waals surface area contributed by atoms with Gasteiger partial charge in [-0.2, -0.15) is 0 Å². The molecule has 0 aliphatic carbocycles. The van der Waals surface area contributed by atoms with Gasteiger partial charge in [-0.1, -0.05) is 22.8 Å². The lowest BCUT2D eigenvalue weighted by Crippen LogP contribution is -1.84. The minimum atomic E-state index is 0.411. The van der Waals surface area contributed by atoms with Gasteiger partial charge in [-0.15, -0.1) is 0 Å². The van der Waals surface area contributed by atoms with E-state index < -0.39 is 0 Å². The second kappa shape index (κ2) is 4.16. The Morgan fingerprint density at radius 2 is 2.27 bits per heavy atom. The molecular weight excluding hydrogens is 281 g/mol. The number of carbonyl (C=O) groups excluding carboxylic acids is 1. The Morgan fingerprint density at radius 3 is 2.93 bits per heavy atom. The summed E-state index contributed by atoms with van der Waals surface area (Å²) in [6.07, 6.45) is 2.00. The lowest BCUT2D eigenvalue weighted by molar-refractivity contribution is 0.112. The molecule has 0 unspecified atom stereocenters. The van der Waals surface area contributed by atoms with Gasteiger partial charge in [0, 0.05) is 10.0 Å². The average Bonchev–Trinajstić information content (AvgIpc) is 2.70. The highest BCUT2D eigenvalue weighted by atomic mass is 79.9. The van der Waals surface area contributed by atoms with E-state index in [2.05, 4.69) is 21.1 Å². The van der Waals surface area contributed by atoms with Crippen molar-refractivity contribution in [3.05, 3.63) is 39.5 Å². The topological polar surface area (TPSA) is 43.1 Å². The first-order valence-electron chi connectivity index (χ1n) is 4.07. The first-order valence-corrected chi connectivity index (χ1v) is 5.24. The van der Waals surface area contributed by atoms with Crippen LogP contribution in [-0.2, 0) is 0 Å². The molecule has 1 aromatic heterocycles. The van der Waals surface area contributed by atoms with Crippen molar-refractivity contribution in [3.8, 4) is 11.3 Å². The molecule has 2 rings (SSSR count). The van der Waals surface area contributed by atoms with Crippen molar-refractivity contribution in [3.63, 3.8) is 0 Å². The highest BCUT2D eigenvalue weighted by Crippen LogP contribution is 2.29. The Hall–Kier alpha value is -1.13. The summed E-state index contributed by atoms with van der Waals surface area (Å²) in [6, 6.07) is 5.32. The van der Waals surface area contributed by atoms with Crippen molar-refractivity contribution in [1.82, 2.24) is 5.16 Å². The number of rotatable bonds is 2. The third-order valence-electron chi connectivity index (χ3n) is 1.92. The van der Waals surface area contributed by atoms with Gasteiger partial charge in [0.2, 0.25) is 0 Å². The average molecular weight is 287 g/mol. The van der Waals surface area contributed by atoms with E-state index in [-0.39, 0.29) is 0 Å². The number of carbonyl (C=O) groups is 1. The third-order valence-corrected chi connectivity index (χ3v) is 3.15. The van der Waals surface area contributed by atoms with Gasteiger partial charge in [-0.05, 0) is 28.1 Å². The van der Waals surface area contributed by atoms with Gasteiger partial charge in [0.15, 0.2) is 6.29 Å². The molecule has 0 aliphatic rings. The van der Waals surface area contributed by atoms with Crippen LogP contribution in [0.2, 0.25) is 5.02 Å². The molecule has 0 saturated carbocycles. The number of aldehydes is 1. The molecule has 0 spiro atoms. The summed E-state index contributed by atoms with van der Waals surface area (Å²) in [7, 11) is 0. The first kappa shape index (κ1) is 10.4. The number of aromatic nitrogens is 1. The summed E-state index contributed by atoms with van der Waals surface area (Å²) in [5.41, 5.74) is 1.66. The molecule has 1 aromatic carbocycles. The molecule has 0 atom stereocenters. The Morgan fingerprint density at radius 1 is 1.47 bits per heavy atom. The third kappa shape index (κ3) is 1.96. The van der Waals surface area contributed by atoms with Crippen LogP contribution in [0.1, 0.15) is 10.4 Å². The lowest BCUT2D eigenvalue weighted by Gasteiger charge is -1.99. The maximum Gasteiger partial charge on any atom is 0.155 e. The minimum Gasteiger partial charge on any atom is -0.363 e. The van der Waals surface area contributed by atoms with Crippen LogP contribution in [0.15, 0.2) is 33.5 Å². The molecular formula is C10H5BrClNO2. The van der Waals surface area contributed by atoms with Crippen molar-refractivity contribution >= 4 is 33.8 Å². The summed E-state index contributed by atoms with van der Waals surface area (Å²) in [5.74, 6) is 0. The van der Waals surface area contributed by atoms with Crippen LogP contribution < -0.4 is 0 Å². The van der Waals surface area contributed by atoms with Crippen molar-refractivity contribution in [2.24, 2.45) is 0 Å². The maximum absolute atomic E-state index is 10.7. The van der Waals surface area contributed by atoms with Crippen LogP contribution in [0.5, 0.6) is 0 Å². The standard InChI is InChI=1S/C10H5BrClNO2/c11-8-2-1-6(3-9(8)12)10-7(4-14)5-15-13-10/h1-5H. The van der Waals surface area contributed by atoms with E-state index >= 15 is 0 Å². The Bertz CT molecular complexity index is 510. The van der Waals surface area contributed by atoms with Crippen LogP contribution in [0.4, 0.5) is 0 Å². The smallest absolute Gasteiger partial charge is 0.155 e. The molecule has 0 amide bonds. The monoisotopic (exact) mass is 285 g/mol. The molecule has 1 heterocycles. The molecule has 2 aromatic rings. The van der Waals surface area contributed by atoms with E-state index in [1.165, 1.54) is 6.26 Å². The minimum absolute atomic E-state index is 0.411. The fraction of sp³-hybridized carbons (Fsp3) is 0. The van der Waals surface area contributed by atoms with Crippen molar-refractivity contribution in [2.45, 2.75) is 0 Å². The van der Waals surface area contributed by atoms with Gasteiger partial charge in [0.25, 0.3) is 0 Å². The first-order chi connectivity index (χ1) is 7.22. The van der Waals surface area contributed by atoms with E-state index in [0.29, 0.717) is 22.6 Å². The predicted octanol–water partition coefficient (Wildman–Crippen LogP) is 3.57. The van der Waals surface area contributed by atoms with Crippen LogP contribution in [0, 0.1) is 0 Å². The quantitative estimate of drug-likeness (QED) is 0.793. The summed E-state index contributed by atoms with van der Waals surface area (Å²) in [5, 5.41) is 4.31. The molecule has 15 heavy (non-hydrogen) atoms. The molecule has 0 N–H and O–H groups in total. The summed E-state index contributed by atoms with van der Waals surface area (Å²) in [6.45, 7) is 0. The highest BCUT2D eigenvalue weighted by molar-refractivity contribution is 9.10. The van der Waals surface area contributed by atoms with Gasteiger partial charge >= 0.3 is 0 Å². The Kier molecular flexibility index (Phi) is 2.88. The van der Waals surface area contributed by atoms with Crippen molar-refractivity contribution in [2.75, 3.05) is 0 Å². The second-order valence-electron chi connectivity index (χ2n) is 2.87. The zero-order valence-corrected chi connectivity index (χ0v) is 9.75. The molecule has 3 nitrogen and oxygen atoms in total. The van der Waals surface area contributed by atoms with Crippen LogP contribution in [0.3, 0.4) is 0 Å². The van der Waals surface area contributed by atoms with Gasteiger partial charge < -0.3 is 4.52 Å². The van der Waals surface area contributed by atoms with Crippen molar-refractivity contribution < 1.29 is 9.32 Å². The largest absolute Gasteiger partial charge is 0.363 e. The summed E-state index contributed by atoms with van der Waals surface area (Å²) < 4.78 is 5.52. The van der Waals surface area contributed by atoms with E-state index in [0.717, 1.165) is 10.0 Å². The van der Waals surface area contributed by atoms with E-state index in [1.807, 2.05) is 0 Å². The lowest BCUT2D eigenvalue weighted by atomic mass is 10.1. The van der Waals surface area contributed by atoms with E-state index in [4.69, 9.17) is 16.1 Å². The molecule has 5 heteroatoms. The fourth-order valence-corrected chi connectivity index (χ4v) is 1.62. The zero-order valence-electron chi connectivity index (χ0n) is 7.41. The zero-order chi connectivity index (χ0) is 10.8. The van der Waals surface area contributed by atoms with Gasteiger partial charge in [-0.25, -0.2) is 0 Å². The van der Waals surface area contributed by atoms with Crippen LogP contribution in [0.25, 0.3) is 11.3 Å². The summed E-state index contributed by atoms with van der Waals surface area (Å²) >= 11 is 9.22. The molecule has 0 bridgehead atoms. The number of benzene rings is 1. The summed E-state index contributed by atoms with van der Waals surface area (Å²) in [4.78, 5) is 10.7. The fourth-order valence-electron chi connectivity index (χ4n) is 1.19. The van der Waals surface area contributed by atoms with Crippen molar-refractivity contribution in [1.29, 1.82) is 0 Å².